The van der Waals surface area contributed by atoms with Crippen molar-refractivity contribution in [2.75, 3.05) is 7.11 Å². The highest BCUT2D eigenvalue weighted by Crippen LogP contribution is 2.32. The van der Waals surface area contributed by atoms with Gasteiger partial charge in [0.25, 0.3) is 0 Å². The Hall–Kier alpha value is -2.06. The molecule has 0 spiro atoms. The molecular weight excluding hydrogens is 335 g/mol. The molecule has 2 heterocycles. The minimum atomic E-state index is -4.53. The molecule has 0 fully saturated rings. The molecule has 0 saturated carbocycles. The average molecular weight is 348 g/mol. The van der Waals surface area contributed by atoms with E-state index in [2.05, 4.69) is 9.72 Å². The highest BCUT2D eigenvalue weighted by Gasteiger charge is 2.31. The van der Waals surface area contributed by atoms with Crippen LogP contribution < -0.4 is 5.73 Å². The molecule has 5 nitrogen and oxygen atoms in total. The summed E-state index contributed by atoms with van der Waals surface area (Å²) in [5.41, 5.74) is 5.32. The minimum Gasteiger partial charge on any atom is -0.468 e. The molecule has 0 amide bonds. The van der Waals surface area contributed by atoms with Gasteiger partial charge in [-0.3, -0.25) is 4.79 Å². The third-order valence-corrected chi connectivity index (χ3v) is 3.42. The van der Waals surface area contributed by atoms with Gasteiger partial charge in [0, 0.05) is 24.5 Å². The van der Waals surface area contributed by atoms with Crippen LogP contribution in [0, 0.1) is 0 Å². The van der Waals surface area contributed by atoms with Gasteiger partial charge in [0.05, 0.1) is 17.7 Å². The van der Waals surface area contributed by atoms with Gasteiger partial charge < -0.3 is 15.0 Å². The number of pyridine rings is 1. The molecule has 0 saturated heterocycles. The highest BCUT2D eigenvalue weighted by molar-refractivity contribution is 6.32. The summed E-state index contributed by atoms with van der Waals surface area (Å²) in [7, 11) is 1.22. The van der Waals surface area contributed by atoms with E-state index in [-0.39, 0.29) is 17.3 Å². The Morgan fingerprint density at radius 3 is 2.78 bits per heavy atom. The van der Waals surface area contributed by atoms with E-state index < -0.39 is 23.8 Å². The van der Waals surface area contributed by atoms with Gasteiger partial charge in [-0.2, -0.15) is 13.2 Å². The van der Waals surface area contributed by atoms with Crippen LogP contribution in [0.3, 0.4) is 0 Å². The molecule has 9 heteroatoms. The van der Waals surface area contributed by atoms with E-state index in [9.17, 15) is 18.0 Å². The van der Waals surface area contributed by atoms with Gasteiger partial charge in [-0.15, -0.1) is 0 Å². The molecule has 0 aliphatic heterocycles. The molecule has 0 aromatic carbocycles. The molecule has 1 unspecified atom stereocenters. The fourth-order valence-electron chi connectivity index (χ4n) is 2.01. The first-order chi connectivity index (χ1) is 10.7. The fraction of sp³-hybridized carbons (Fsp3) is 0.286. The molecular formula is C14H13ClF3N3O2. The molecule has 23 heavy (non-hydrogen) atoms. The van der Waals surface area contributed by atoms with Crippen molar-refractivity contribution in [1.82, 2.24) is 9.55 Å². The van der Waals surface area contributed by atoms with Crippen molar-refractivity contribution >= 4 is 17.6 Å². The quantitative estimate of drug-likeness (QED) is 0.863. The summed E-state index contributed by atoms with van der Waals surface area (Å²) < 4.78 is 44.0. The molecule has 0 aliphatic carbocycles. The molecule has 1 atom stereocenters. The number of nitrogens with two attached hydrogens (primary N) is 1. The van der Waals surface area contributed by atoms with Gasteiger partial charge in [-0.25, -0.2) is 4.98 Å². The zero-order chi connectivity index (χ0) is 17.2. The van der Waals surface area contributed by atoms with E-state index in [1.165, 1.54) is 11.7 Å². The third-order valence-electron chi connectivity index (χ3n) is 3.14. The van der Waals surface area contributed by atoms with Crippen LogP contribution in [0.25, 0.3) is 5.82 Å². The number of nitrogens with zero attached hydrogens (tertiary/aromatic N) is 2. The Kier molecular flexibility index (Phi) is 4.96. The number of carbonyl (C=O) groups excluding carboxylic acids is 1. The summed E-state index contributed by atoms with van der Waals surface area (Å²) in [5.74, 6) is -0.471. The number of hydrogen-bond donors (Lipinski definition) is 1. The standard InChI is InChI=1S/C14H13ClF3N3O2/c1-23-13(22)11(19)6-9-3-2-4-21(9)12-10(15)5-8(7-20-12)14(16,17)18/h2-5,7,11H,6,19H2,1H3. The Labute approximate surface area is 134 Å². The predicted octanol–water partition coefficient (Wildman–Crippen LogP) is 2.59. The maximum Gasteiger partial charge on any atom is 0.417 e. The predicted molar refractivity (Wildman–Crippen MR) is 77.3 cm³/mol. The normalized spacial score (nSPS) is 13.0. The van der Waals surface area contributed by atoms with Gasteiger partial charge >= 0.3 is 12.1 Å². The summed E-state index contributed by atoms with van der Waals surface area (Å²) in [6.45, 7) is 0. The van der Waals surface area contributed by atoms with Gasteiger partial charge in [0.1, 0.15) is 6.04 Å². The monoisotopic (exact) mass is 347 g/mol. The second-order valence-corrected chi connectivity index (χ2v) is 5.14. The molecule has 0 aliphatic rings. The first kappa shape index (κ1) is 17.3. The van der Waals surface area contributed by atoms with Crippen LogP contribution in [0.4, 0.5) is 13.2 Å². The fourth-order valence-corrected chi connectivity index (χ4v) is 2.27. The summed E-state index contributed by atoms with van der Waals surface area (Å²) in [6, 6.07) is 3.21. The summed E-state index contributed by atoms with van der Waals surface area (Å²) in [5, 5.41) is -0.163. The molecule has 2 aromatic heterocycles. The van der Waals surface area contributed by atoms with Crippen molar-refractivity contribution in [1.29, 1.82) is 0 Å². The Morgan fingerprint density at radius 1 is 1.52 bits per heavy atom. The molecule has 0 bridgehead atoms. The highest BCUT2D eigenvalue weighted by atomic mass is 35.5. The molecule has 0 radical (unpaired) electrons. The number of methoxy groups -OCH3 is 1. The summed E-state index contributed by atoms with van der Waals surface area (Å²) in [4.78, 5) is 15.2. The number of rotatable bonds is 4. The Bertz CT molecular complexity index is 716. The number of carbonyl (C=O) groups is 1. The van der Waals surface area contributed by atoms with E-state index in [1.54, 1.807) is 18.3 Å². The van der Waals surface area contributed by atoms with Gasteiger partial charge in [0.2, 0.25) is 0 Å². The lowest BCUT2D eigenvalue weighted by Gasteiger charge is -2.14. The van der Waals surface area contributed by atoms with Crippen molar-refractivity contribution in [3.05, 3.63) is 46.9 Å². The van der Waals surface area contributed by atoms with Crippen LogP contribution in [0.5, 0.6) is 0 Å². The van der Waals surface area contributed by atoms with Crippen LogP contribution in [-0.4, -0.2) is 28.7 Å². The largest absolute Gasteiger partial charge is 0.468 e. The van der Waals surface area contributed by atoms with Crippen LogP contribution >= 0.6 is 11.6 Å². The summed E-state index contributed by atoms with van der Waals surface area (Å²) >= 11 is 5.92. The van der Waals surface area contributed by atoms with Gasteiger partial charge in [-0.1, -0.05) is 11.6 Å². The van der Waals surface area contributed by atoms with Crippen LogP contribution in [0.1, 0.15) is 11.3 Å². The zero-order valence-corrected chi connectivity index (χ0v) is 12.7. The number of esters is 1. The minimum absolute atomic E-state index is 0.122. The smallest absolute Gasteiger partial charge is 0.417 e. The van der Waals surface area contributed by atoms with E-state index in [4.69, 9.17) is 17.3 Å². The molecule has 2 N–H and O–H groups in total. The van der Waals surface area contributed by atoms with Crippen molar-refractivity contribution in [2.45, 2.75) is 18.6 Å². The molecule has 2 rings (SSSR count). The topological polar surface area (TPSA) is 70.1 Å². The number of aromatic nitrogens is 2. The van der Waals surface area contributed by atoms with E-state index >= 15 is 0 Å². The zero-order valence-electron chi connectivity index (χ0n) is 12.0. The van der Waals surface area contributed by atoms with E-state index in [0.717, 1.165) is 6.07 Å². The summed E-state index contributed by atoms with van der Waals surface area (Å²) in [6.07, 6.45) is -2.13. The van der Waals surface area contributed by atoms with Crippen molar-refractivity contribution in [3.63, 3.8) is 0 Å². The van der Waals surface area contributed by atoms with Crippen LogP contribution in [0.2, 0.25) is 5.02 Å². The number of ether oxygens (including phenoxy) is 1. The molecule has 124 valence electrons. The van der Waals surface area contributed by atoms with Crippen molar-refractivity contribution in [2.24, 2.45) is 5.73 Å². The lowest BCUT2D eigenvalue weighted by atomic mass is 10.1. The Morgan fingerprint density at radius 2 is 2.22 bits per heavy atom. The average Bonchev–Trinajstić information content (AvgIpc) is 2.93. The van der Waals surface area contributed by atoms with Gasteiger partial charge in [-0.05, 0) is 18.2 Å². The lowest BCUT2D eigenvalue weighted by molar-refractivity contribution is -0.142. The van der Waals surface area contributed by atoms with Gasteiger partial charge in [0.15, 0.2) is 5.82 Å². The number of alkyl halides is 3. The first-order valence-corrected chi connectivity index (χ1v) is 6.84. The second kappa shape index (κ2) is 6.59. The van der Waals surface area contributed by atoms with Crippen LogP contribution in [-0.2, 0) is 22.1 Å². The van der Waals surface area contributed by atoms with E-state index in [0.29, 0.717) is 11.9 Å². The van der Waals surface area contributed by atoms with Crippen molar-refractivity contribution in [3.8, 4) is 5.82 Å². The van der Waals surface area contributed by atoms with Crippen molar-refractivity contribution < 1.29 is 22.7 Å². The van der Waals surface area contributed by atoms with Crippen LogP contribution in [0.15, 0.2) is 30.6 Å². The number of hydrogen-bond acceptors (Lipinski definition) is 4. The number of halogens is 4. The first-order valence-electron chi connectivity index (χ1n) is 6.46. The lowest BCUT2D eigenvalue weighted by Crippen LogP contribution is -2.34. The van der Waals surface area contributed by atoms with E-state index in [1.807, 2.05) is 0 Å². The SMILES string of the molecule is COC(=O)C(N)Cc1cccn1-c1ncc(C(F)(F)F)cc1Cl. The maximum atomic E-state index is 12.6. The Balaban J connectivity index is 2.34. The third kappa shape index (κ3) is 3.83. The maximum absolute atomic E-state index is 12.6. The second-order valence-electron chi connectivity index (χ2n) is 4.73. The molecule has 2 aromatic rings.